The first-order chi connectivity index (χ1) is 13.1. The number of nitrogens with one attached hydrogen (secondary N) is 1. The number of carbonyl (C=O) groups excluding carboxylic acids is 1. The van der Waals surface area contributed by atoms with E-state index in [0.717, 1.165) is 48.1 Å². The topological polar surface area (TPSA) is 74.9 Å². The summed E-state index contributed by atoms with van der Waals surface area (Å²) in [6.07, 6.45) is 1.54. The highest BCUT2D eigenvalue weighted by atomic mass is 16.5. The molecule has 3 heterocycles. The number of benzene rings is 1. The third-order valence-electron chi connectivity index (χ3n) is 5.41. The van der Waals surface area contributed by atoms with Gasteiger partial charge in [0.2, 0.25) is 0 Å². The molecule has 1 atom stereocenters. The number of pyridine rings is 1. The van der Waals surface area contributed by atoms with E-state index in [0.29, 0.717) is 26.2 Å². The van der Waals surface area contributed by atoms with Gasteiger partial charge in [-0.1, -0.05) is 0 Å². The predicted molar refractivity (Wildman–Crippen MR) is 102 cm³/mol. The van der Waals surface area contributed by atoms with Gasteiger partial charge in [-0.2, -0.15) is 0 Å². The molecular formula is C20H25N3O4. The molecule has 0 bridgehead atoms. The number of ether oxygens (including phenoxy) is 2. The molecule has 0 aliphatic carbocycles. The van der Waals surface area contributed by atoms with Gasteiger partial charge in [-0.25, -0.2) is 0 Å². The maximum Gasteiger partial charge on any atom is 0.252 e. The molecule has 1 N–H and O–H groups in total. The number of hydrogen-bond donors (Lipinski definition) is 1. The van der Waals surface area contributed by atoms with Crippen molar-refractivity contribution in [1.29, 1.82) is 0 Å². The molecule has 4 rings (SSSR count). The number of nitrogens with zero attached hydrogens (tertiary/aromatic N) is 2. The van der Waals surface area contributed by atoms with Crippen molar-refractivity contribution in [3.05, 3.63) is 40.2 Å². The third kappa shape index (κ3) is 3.84. The van der Waals surface area contributed by atoms with E-state index in [2.05, 4.69) is 9.88 Å². The van der Waals surface area contributed by atoms with Crippen molar-refractivity contribution in [2.75, 3.05) is 39.9 Å². The van der Waals surface area contributed by atoms with Gasteiger partial charge in [0.25, 0.3) is 11.5 Å². The maximum atomic E-state index is 12.4. The lowest BCUT2D eigenvalue weighted by Gasteiger charge is -2.35. The van der Waals surface area contributed by atoms with Gasteiger partial charge in [0.1, 0.15) is 11.9 Å². The number of rotatable bonds is 4. The summed E-state index contributed by atoms with van der Waals surface area (Å²) in [5.74, 6) is 0.879. The Hall–Kier alpha value is -2.38. The lowest BCUT2D eigenvalue weighted by atomic mass is 10.1. The Morgan fingerprint density at radius 1 is 1.26 bits per heavy atom. The smallest absolute Gasteiger partial charge is 0.252 e. The summed E-state index contributed by atoms with van der Waals surface area (Å²) < 4.78 is 10.8. The molecule has 2 aliphatic heterocycles. The van der Waals surface area contributed by atoms with Crippen molar-refractivity contribution in [3.63, 3.8) is 0 Å². The van der Waals surface area contributed by atoms with Crippen LogP contribution in [-0.4, -0.2) is 66.7 Å². The molecule has 144 valence electrons. The highest BCUT2D eigenvalue weighted by Gasteiger charge is 2.30. The van der Waals surface area contributed by atoms with Crippen LogP contribution in [0.15, 0.2) is 29.1 Å². The fraction of sp³-hybridized carbons (Fsp3) is 0.500. The minimum atomic E-state index is -0.255. The molecule has 2 aliphatic rings. The average molecular weight is 371 g/mol. The summed E-state index contributed by atoms with van der Waals surface area (Å²) in [5, 5.41) is 0.955. The second-order valence-electron chi connectivity index (χ2n) is 7.18. The zero-order valence-corrected chi connectivity index (χ0v) is 15.6. The normalized spacial score (nSPS) is 20.9. The van der Waals surface area contributed by atoms with Crippen LogP contribution in [0.4, 0.5) is 0 Å². The first kappa shape index (κ1) is 18.0. The maximum absolute atomic E-state index is 12.4. The average Bonchev–Trinajstić information content (AvgIpc) is 3.23. The quantitative estimate of drug-likeness (QED) is 0.878. The zero-order valence-electron chi connectivity index (χ0n) is 15.6. The Balaban J connectivity index is 1.41. The Kier molecular flexibility index (Phi) is 5.13. The van der Waals surface area contributed by atoms with Crippen molar-refractivity contribution in [2.24, 2.45) is 0 Å². The van der Waals surface area contributed by atoms with E-state index >= 15 is 0 Å². The molecule has 1 aromatic carbocycles. The molecule has 0 spiro atoms. The van der Waals surface area contributed by atoms with Gasteiger partial charge in [0.05, 0.1) is 7.11 Å². The van der Waals surface area contributed by atoms with E-state index in [1.54, 1.807) is 7.11 Å². The second kappa shape index (κ2) is 7.70. The first-order valence-corrected chi connectivity index (χ1v) is 9.47. The Morgan fingerprint density at radius 3 is 2.78 bits per heavy atom. The molecule has 0 saturated carbocycles. The Labute approximate surface area is 157 Å². The number of carbonyl (C=O) groups is 1. The summed E-state index contributed by atoms with van der Waals surface area (Å²) in [6, 6.07) is 7.55. The number of fused-ring (bicyclic) bond motifs is 1. The zero-order chi connectivity index (χ0) is 18.8. The summed E-state index contributed by atoms with van der Waals surface area (Å²) in [5.41, 5.74) is 1.47. The summed E-state index contributed by atoms with van der Waals surface area (Å²) >= 11 is 0. The lowest BCUT2D eigenvalue weighted by Crippen LogP contribution is -2.51. The van der Waals surface area contributed by atoms with Crippen LogP contribution in [0.25, 0.3) is 10.9 Å². The molecule has 2 saturated heterocycles. The van der Waals surface area contributed by atoms with Crippen LogP contribution in [-0.2, 0) is 16.1 Å². The minimum absolute atomic E-state index is 0.0643. The summed E-state index contributed by atoms with van der Waals surface area (Å²) in [7, 11) is 1.63. The Morgan fingerprint density at radius 2 is 2.07 bits per heavy atom. The van der Waals surface area contributed by atoms with Gasteiger partial charge < -0.3 is 19.4 Å². The molecule has 1 amide bonds. The van der Waals surface area contributed by atoms with Gasteiger partial charge in [0.15, 0.2) is 0 Å². The van der Waals surface area contributed by atoms with E-state index in [9.17, 15) is 9.59 Å². The molecule has 7 heteroatoms. The summed E-state index contributed by atoms with van der Waals surface area (Å²) in [6.45, 7) is 4.13. The van der Waals surface area contributed by atoms with Crippen LogP contribution in [0.5, 0.6) is 5.75 Å². The van der Waals surface area contributed by atoms with Gasteiger partial charge >= 0.3 is 0 Å². The van der Waals surface area contributed by atoms with Gasteiger partial charge in [-0.05, 0) is 37.1 Å². The van der Waals surface area contributed by atoms with Gasteiger partial charge in [-0.15, -0.1) is 0 Å². The van der Waals surface area contributed by atoms with Crippen LogP contribution in [0.1, 0.15) is 18.4 Å². The number of aromatic nitrogens is 1. The van der Waals surface area contributed by atoms with Gasteiger partial charge in [-0.3, -0.25) is 14.5 Å². The highest BCUT2D eigenvalue weighted by Crippen LogP contribution is 2.20. The molecule has 7 nitrogen and oxygen atoms in total. The summed E-state index contributed by atoms with van der Waals surface area (Å²) in [4.78, 5) is 31.9. The molecular weight excluding hydrogens is 346 g/mol. The first-order valence-electron chi connectivity index (χ1n) is 9.47. The van der Waals surface area contributed by atoms with Crippen LogP contribution < -0.4 is 10.3 Å². The van der Waals surface area contributed by atoms with Crippen molar-refractivity contribution in [3.8, 4) is 5.75 Å². The van der Waals surface area contributed by atoms with Crippen LogP contribution in [0.3, 0.4) is 0 Å². The molecule has 27 heavy (non-hydrogen) atoms. The fourth-order valence-electron chi connectivity index (χ4n) is 3.82. The number of hydrogen-bond acceptors (Lipinski definition) is 5. The van der Waals surface area contributed by atoms with Gasteiger partial charge in [0, 0.05) is 55.8 Å². The van der Waals surface area contributed by atoms with Crippen LogP contribution >= 0.6 is 0 Å². The fourth-order valence-corrected chi connectivity index (χ4v) is 3.82. The molecule has 1 aromatic heterocycles. The van der Waals surface area contributed by atoms with E-state index < -0.39 is 0 Å². The third-order valence-corrected chi connectivity index (χ3v) is 5.41. The number of amides is 1. The lowest BCUT2D eigenvalue weighted by molar-refractivity contribution is -0.142. The molecule has 2 fully saturated rings. The van der Waals surface area contributed by atoms with Crippen LogP contribution in [0, 0.1) is 0 Å². The van der Waals surface area contributed by atoms with E-state index in [4.69, 9.17) is 9.47 Å². The standard InChI is InChI=1S/C20H25N3O4/c1-26-16-4-5-17-14(12-16)11-15(19(24)21-17)13-22-6-8-23(9-7-22)20(25)18-3-2-10-27-18/h4-5,11-12,18H,2-3,6-10,13H2,1H3,(H,21,24). The monoisotopic (exact) mass is 371 g/mol. The largest absolute Gasteiger partial charge is 0.497 e. The number of aromatic amines is 1. The SMILES string of the molecule is COc1ccc2[nH]c(=O)c(CN3CCN(C(=O)C4CCCO4)CC3)cc2c1. The second-order valence-corrected chi connectivity index (χ2v) is 7.18. The van der Waals surface area contributed by atoms with Crippen molar-refractivity contribution >= 4 is 16.8 Å². The molecule has 1 unspecified atom stereocenters. The number of piperazine rings is 1. The Bertz CT molecular complexity index is 880. The van der Waals surface area contributed by atoms with E-state index in [-0.39, 0.29) is 17.6 Å². The highest BCUT2D eigenvalue weighted by molar-refractivity contribution is 5.81. The van der Waals surface area contributed by atoms with Crippen molar-refractivity contribution < 1.29 is 14.3 Å². The van der Waals surface area contributed by atoms with Crippen LogP contribution in [0.2, 0.25) is 0 Å². The minimum Gasteiger partial charge on any atom is -0.497 e. The predicted octanol–water partition coefficient (Wildman–Crippen LogP) is 1.36. The number of H-pyrrole nitrogens is 1. The van der Waals surface area contributed by atoms with Crippen molar-refractivity contribution in [1.82, 2.24) is 14.8 Å². The molecule has 2 aromatic rings. The molecule has 0 radical (unpaired) electrons. The van der Waals surface area contributed by atoms with Crippen molar-refractivity contribution in [2.45, 2.75) is 25.5 Å². The number of methoxy groups -OCH3 is 1. The van der Waals surface area contributed by atoms with E-state index in [1.165, 1.54) is 0 Å². The van der Waals surface area contributed by atoms with E-state index in [1.807, 2.05) is 29.2 Å².